The summed E-state index contributed by atoms with van der Waals surface area (Å²) in [5.41, 5.74) is 0. The smallest absolute Gasteiger partial charge is 0.0683 e. The van der Waals surface area contributed by atoms with Gasteiger partial charge in [-0.15, -0.1) is 0 Å². The van der Waals surface area contributed by atoms with Crippen molar-refractivity contribution in [2.45, 2.75) is 228 Å². The first-order valence-corrected chi connectivity index (χ1v) is 17.9. The number of hydrogen-bond donors (Lipinski definition) is 0. The van der Waals surface area contributed by atoms with E-state index in [1.165, 1.54) is 0 Å². The molecule has 0 aromatic rings. The van der Waals surface area contributed by atoms with Crippen LogP contribution < -0.4 is 0 Å². The van der Waals surface area contributed by atoms with Crippen molar-refractivity contribution >= 4 is 0 Å². The first-order chi connectivity index (χ1) is 20.0. The van der Waals surface area contributed by atoms with Crippen molar-refractivity contribution in [2.75, 3.05) is 0 Å². The lowest BCUT2D eigenvalue weighted by Crippen LogP contribution is -0.888. The summed E-state index contributed by atoms with van der Waals surface area (Å²) < 4.78 is 0. The molecule has 0 aliphatic heterocycles. The van der Waals surface area contributed by atoms with E-state index in [1.54, 1.807) is 48.5 Å². The van der Waals surface area contributed by atoms with Gasteiger partial charge in [-0.05, 0) is 0 Å². The third-order valence-corrected chi connectivity index (χ3v) is 0. The molecule has 0 aromatic heterocycles. The van der Waals surface area contributed by atoms with Crippen LogP contribution in [0.4, 0.5) is 0 Å². The van der Waals surface area contributed by atoms with Crippen LogP contribution in [0.25, 0.3) is 0 Å². The lowest BCUT2D eigenvalue weighted by Gasteiger charge is -1.07. The Balaban J connectivity index is -0.00000000585. The van der Waals surface area contributed by atoms with E-state index < -0.39 is 0 Å². The van der Waals surface area contributed by atoms with Gasteiger partial charge in [-0.25, -0.2) is 0 Å². The topological polar surface area (TPSA) is 0 Å². The Morgan fingerprint density at radius 3 is 0.100 bits per heavy atom. The first kappa shape index (κ1) is 156. The molecule has 0 spiro atoms. The van der Waals surface area contributed by atoms with Gasteiger partial charge >= 0.3 is 0 Å². The molecule has 0 aliphatic carbocycles. The maximum atomic E-state index is 3.25. The van der Waals surface area contributed by atoms with Crippen molar-refractivity contribution in [1.82, 2.24) is 0 Å². The molecule has 266 valence electrons. The Morgan fingerprint density at radius 1 is 0.100 bits per heavy atom. The zero-order valence-electron chi connectivity index (χ0n) is 37.9. The van der Waals surface area contributed by atoms with Gasteiger partial charge in [0.2, 0.25) is 0 Å². The standard InChI is InChI=1S/13C2H6.7C2H5/c20*1-2/h13*1-2H3;7*1H2,2H3/q;;;;;;;;;;;;;7*+1. The van der Waals surface area contributed by atoms with Crippen LogP contribution in [0.1, 0.15) is 228 Å². The quantitative estimate of drug-likeness (QED) is 0.245. The van der Waals surface area contributed by atoms with Crippen molar-refractivity contribution < 1.29 is 0 Å². The van der Waals surface area contributed by atoms with E-state index in [1.807, 2.05) is 180 Å². The second-order valence-corrected chi connectivity index (χ2v) is 0. The highest BCUT2D eigenvalue weighted by atomic mass is 13.0. The molecule has 0 radical (unpaired) electrons. The Bertz CT molecular complexity index is 0. The fraction of sp³-hybridized carbons (Fsp3) is 0.825. The Morgan fingerprint density at radius 2 is 0.100 bits per heavy atom. The monoisotopic (exact) mass is 594 g/mol. The molecule has 0 nitrogen and oxygen atoms in total. The van der Waals surface area contributed by atoms with Crippen molar-refractivity contribution in [3.63, 3.8) is 0 Å². The maximum absolute atomic E-state index is 3.25. The van der Waals surface area contributed by atoms with Crippen molar-refractivity contribution in [2.24, 2.45) is 0 Å². The zero-order valence-corrected chi connectivity index (χ0v) is 37.9. The summed E-state index contributed by atoms with van der Waals surface area (Å²) in [4.78, 5) is 0. The van der Waals surface area contributed by atoms with Crippen LogP contribution in [0, 0.1) is 48.5 Å². The highest BCUT2D eigenvalue weighted by molar-refractivity contribution is 3.95. The van der Waals surface area contributed by atoms with Gasteiger partial charge in [0.15, 0.2) is 0 Å². The molecule has 0 bridgehead atoms. The molecule has 0 heteroatoms. The van der Waals surface area contributed by atoms with Gasteiger partial charge in [-0.2, -0.15) is 0 Å². The van der Waals surface area contributed by atoms with Gasteiger partial charge in [0.25, 0.3) is 0 Å². The molecule has 0 aliphatic rings. The third-order valence-electron chi connectivity index (χ3n) is 0. The van der Waals surface area contributed by atoms with Crippen LogP contribution in [0.5, 0.6) is 0 Å². The first-order valence-electron chi connectivity index (χ1n) is 17.9. The molecule has 0 saturated carbocycles. The second kappa shape index (κ2) is 63300. The summed E-state index contributed by atoms with van der Waals surface area (Å²) in [6.45, 7) is 87.0. The van der Waals surface area contributed by atoms with Crippen LogP contribution in [-0.2, 0) is 0 Å². The van der Waals surface area contributed by atoms with Gasteiger partial charge in [0.1, 0.15) is 0 Å². The lowest BCUT2D eigenvalue weighted by molar-refractivity contribution is 1.50. The van der Waals surface area contributed by atoms with Crippen molar-refractivity contribution in [3.8, 4) is 0 Å². The Kier molecular flexibility index (Phi) is 246000. The summed E-state index contributed by atoms with van der Waals surface area (Å²) in [6, 6.07) is 0. The highest BCUT2D eigenvalue weighted by Crippen LogP contribution is 1.18. The summed E-state index contributed by atoms with van der Waals surface area (Å²) in [5.74, 6) is 0. The van der Waals surface area contributed by atoms with Gasteiger partial charge in [-0.3, -0.25) is 0 Å². The van der Waals surface area contributed by atoms with Gasteiger partial charge in [0.05, 0.1) is 96.9 Å². The fourth-order valence-electron chi connectivity index (χ4n) is 0. The van der Waals surface area contributed by atoms with Crippen LogP contribution in [-0.4, -0.2) is 0 Å². The van der Waals surface area contributed by atoms with E-state index in [4.69, 9.17) is 0 Å². The third kappa shape index (κ3) is 58300. The lowest BCUT2D eigenvalue weighted by atomic mass is 11.0. The second-order valence-electron chi connectivity index (χ2n) is 0. The molecule has 0 fully saturated rings. The molecule has 0 unspecified atom stereocenters. The van der Waals surface area contributed by atoms with Gasteiger partial charge in [0, 0.05) is 0 Å². The highest BCUT2D eigenvalue weighted by Gasteiger charge is 1.08. The molecule has 0 aromatic carbocycles. The Hall–Kier alpha value is -0.910. The van der Waals surface area contributed by atoms with Gasteiger partial charge in [-0.1, -0.05) is 180 Å². The summed E-state index contributed by atoms with van der Waals surface area (Å²) in [7, 11) is 0. The van der Waals surface area contributed by atoms with E-state index in [9.17, 15) is 0 Å². The molecule has 0 N–H and O–H groups in total. The number of hydrogen-bond acceptors (Lipinski definition) is 0. The molecule has 0 atom stereocenters. The van der Waals surface area contributed by atoms with E-state index >= 15 is 0 Å². The fourth-order valence-corrected chi connectivity index (χ4v) is 0. The maximum Gasteiger partial charge on any atom is 0.0746 e. The molecular weight excluding hydrogens is 480 g/mol. The molecule has 40 heavy (non-hydrogen) atoms. The minimum absolute atomic E-state index is 1.75. The predicted molar refractivity (Wildman–Crippen MR) is 225 cm³/mol. The minimum Gasteiger partial charge on any atom is -0.0683 e. The SMILES string of the molecule is CC.CC.CC.CC.CC.CC.CC.CC.CC.CC.CC.CC.CC.[CH2+]C.[CH2+]C.[CH2+]C.[CH2+]C.[CH2+]C.[CH2+]C.[CH2+]C. The Labute approximate surface area is 276 Å². The normalized spacial score (nSPS) is 2.83. The van der Waals surface area contributed by atoms with E-state index in [-0.39, 0.29) is 0 Å². The largest absolute Gasteiger partial charge is 0.0746 e. The minimum atomic E-state index is 1.75. The number of rotatable bonds is 0. The van der Waals surface area contributed by atoms with Crippen LogP contribution in [0.2, 0.25) is 0 Å². The van der Waals surface area contributed by atoms with E-state index in [0.717, 1.165) is 0 Å². The van der Waals surface area contributed by atoms with E-state index in [2.05, 4.69) is 48.5 Å². The molecule has 0 amide bonds. The summed E-state index contributed by atoms with van der Waals surface area (Å²) >= 11 is 0. The average molecular weight is 594 g/mol. The molecule has 0 saturated heterocycles. The van der Waals surface area contributed by atoms with Gasteiger partial charge < -0.3 is 0 Å². The van der Waals surface area contributed by atoms with Crippen molar-refractivity contribution in [1.29, 1.82) is 0 Å². The summed E-state index contributed by atoms with van der Waals surface area (Å²) in [6.07, 6.45) is 0. The van der Waals surface area contributed by atoms with Crippen molar-refractivity contribution in [3.05, 3.63) is 48.5 Å². The van der Waals surface area contributed by atoms with Crippen LogP contribution >= 0.6 is 0 Å². The van der Waals surface area contributed by atoms with E-state index in [0.29, 0.717) is 0 Å². The average Bonchev–Trinajstić information content (AvgIpc) is 3.21. The zero-order chi connectivity index (χ0) is 40.0. The molecule has 0 rings (SSSR count). The molecular formula is C40H113+7. The molecule has 0 heterocycles. The predicted octanol–water partition coefficient (Wildman–Crippen LogP) is 19.2. The van der Waals surface area contributed by atoms with Crippen LogP contribution in [0.3, 0.4) is 0 Å². The summed E-state index contributed by atoms with van der Waals surface area (Å²) in [5, 5.41) is 0. The van der Waals surface area contributed by atoms with Crippen LogP contribution in [0.15, 0.2) is 0 Å².